The number of fused-ring (bicyclic) bond motifs is 1. The van der Waals surface area contributed by atoms with Crippen LogP contribution in [0.2, 0.25) is 0 Å². The van der Waals surface area contributed by atoms with E-state index in [0.717, 1.165) is 39.6 Å². The summed E-state index contributed by atoms with van der Waals surface area (Å²) in [5.41, 5.74) is 3.06. The van der Waals surface area contributed by atoms with Crippen molar-refractivity contribution in [1.82, 2.24) is 14.5 Å². The Balaban J connectivity index is 2.03. The molecule has 3 aromatic rings. The Morgan fingerprint density at radius 2 is 2.19 bits per heavy atom. The lowest BCUT2D eigenvalue weighted by atomic mass is 10.3. The Kier molecular flexibility index (Phi) is 4.26. The monoisotopic (exact) mass is 321 g/mol. The average molecular weight is 321 g/mol. The molecule has 0 saturated heterocycles. The fraction of sp³-hybridized carbons (Fsp3) is 0.333. The number of hydrogen-bond donors (Lipinski definition) is 0. The molecule has 0 aliphatic heterocycles. The maximum Gasteiger partial charge on any atom is 0.142 e. The number of rotatable bonds is 5. The Morgan fingerprint density at radius 1 is 1.33 bits per heavy atom. The van der Waals surface area contributed by atoms with Crippen LogP contribution in [0.15, 0.2) is 24.5 Å². The third-order valence-corrected chi connectivity index (χ3v) is 5.12. The topological polar surface area (TPSA) is 30.7 Å². The molecule has 0 aromatic carbocycles. The lowest BCUT2D eigenvalue weighted by Crippen LogP contribution is -2.00. The molecule has 6 heteroatoms. The highest BCUT2D eigenvalue weighted by atomic mass is 32.2. The highest BCUT2D eigenvalue weighted by Crippen LogP contribution is 2.32. The molecule has 0 aliphatic rings. The van der Waals surface area contributed by atoms with Crippen LogP contribution >= 0.6 is 23.1 Å². The van der Waals surface area contributed by atoms with E-state index in [2.05, 4.69) is 33.8 Å². The van der Waals surface area contributed by atoms with Gasteiger partial charge in [-0.2, -0.15) is 11.8 Å². The van der Waals surface area contributed by atoms with Crippen molar-refractivity contribution in [3.63, 3.8) is 0 Å². The Hall–Kier alpha value is -1.40. The normalized spacial score (nSPS) is 11.4. The Morgan fingerprint density at radius 3 is 2.90 bits per heavy atom. The predicted molar refractivity (Wildman–Crippen MR) is 88.6 cm³/mol. The molecule has 0 unspecified atom stereocenters. The molecule has 0 atom stereocenters. The molecule has 3 rings (SSSR count). The summed E-state index contributed by atoms with van der Waals surface area (Å²) < 4.78 is 15.6. The van der Waals surface area contributed by atoms with E-state index in [1.165, 1.54) is 18.0 Å². The van der Waals surface area contributed by atoms with Gasteiger partial charge in [0.2, 0.25) is 0 Å². The number of hydrogen-bond acceptors (Lipinski definition) is 4. The molecule has 0 saturated carbocycles. The quantitative estimate of drug-likeness (QED) is 0.705. The van der Waals surface area contributed by atoms with Gasteiger partial charge in [0.05, 0.1) is 6.20 Å². The van der Waals surface area contributed by atoms with Crippen LogP contribution in [-0.2, 0) is 13.0 Å². The van der Waals surface area contributed by atoms with Gasteiger partial charge in [-0.1, -0.05) is 11.3 Å². The number of aryl methyl sites for hydroxylation is 2. The standard InChI is InChI=1S/C15H16FN3S2/c1-3-19-12(4-5-20-2)7-13-15(19)21-14(18-13)10-6-11(16)9-17-8-10/h6-9H,3-5H2,1-2H3. The lowest BCUT2D eigenvalue weighted by molar-refractivity contribution is 0.622. The van der Waals surface area contributed by atoms with Crippen molar-refractivity contribution in [3.05, 3.63) is 36.0 Å². The first-order valence-electron chi connectivity index (χ1n) is 6.81. The molecule has 3 heterocycles. The maximum absolute atomic E-state index is 13.3. The summed E-state index contributed by atoms with van der Waals surface area (Å²) >= 11 is 3.45. The van der Waals surface area contributed by atoms with Crippen molar-refractivity contribution >= 4 is 33.4 Å². The summed E-state index contributed by atoms with van der Waals surface area (Å²) in [5.74, 6) is 0.782. The van der Waals surface area contributed by atoms with Crippen LogP contribution < -0.4 is 0 Å². The van der Waals surface area contributed by atoms with E-state index < -0.39 is 0 Å². The first-order chi connectivity index (χ1) is 10.2. The molecule has 0 spiro atoms. The molecule has 0 amide bonds. The van der Waals surface area contributed by atoms with Gasteiger partial charge in [0.1, 0.15) is 21.2 Å². The van der Waals surface area contributed by atoms with E-state index in [0.29, 0.717) is 0 Å². The van der Waals surface area contributed by atoms with Crippen LogP contribution in [0.25, 0.3) is 20.9 Å². The van der Waals surface area contributed by atoms with Crippen molar-refractivity contribution < 1.29 is 4.39 Å². The summed E-state index contributed by atoms with van der Waals surface area (Å²) in [6.45, 7) is 3.07. The molecule has 3 aromatic heterocycles. The molecule has 0 N–H and O–H groups in total. The zero-order valence-corrected chi connectivity index (χ0v) is 13.6. The second-order valence-corrected chi connectivity index (χ2v) is 6.69. The van der Waals surface area contributed by atoms with Gasteiger partial charge in [-0.15, -0.1) is 0 Å². The zero-order chi connectivity index (χ0) is 14.8. The largest absolute Gasteiger partial charge is 0.335 e. The fourth-order valence-corrected chi connectivity index (χ4v) is 3.93. The maximum atomic E-state index is 13.3. The second kappa shape index (κ2) is 6.15. The molecule has 110 valence electrons. The van der Waals surface area contributed by atoms with Gasteiger partial charge in [0, 0.05) is 24.0 Å². The summed E-state index contributed by atoms with van der Waals surface area (Å²) in [4.78, 5) is 9.70. The van der Waals surface area contributed by atoms with Gasteiger partial charge in [-0.05, 0) is 37.5 Å². The molecule has 3 nitrogen and oxygen atoms in total. The van der Waals surface area contributed by atoms with Crippen molar-refractivity contribution in [2.75, 3.05) is 12.0 Å². The van der Waals surface area contributed by atoms with Gasteiger partial charge in [-0.25, -0.2) is 9.37 Å². The van der Waals surface area contributed by atoms with Crippen molar-refractivity contribution in [2.24, 2.45) is 0 Å². The molecule has 0 radical (unpaired) electrons. The third kappa shape index (κ3) is 2.82. The van der Waals surface area contributed by atoms with Crippen LogP contribution in [0.1, 0.15) is 12.6 Å². The molecule has 0 aliphatic carbocycles. The van der Waals surface area contributed by atoms with Crippen LogP contribution in [0.3, 0.4) is 0 Å². The summed E-state index contributed by atoms with van der Waals surface area (Å²) in [6.07, 6.45) is 6.04. The minimum atomic E-state index is -0.327. The van der Waals surface area contributed by atoms with Crippen LogP contribution in [-0.4, -0.2) is 26.5 Å². The highest BCUT2D eigenvalue weighted by Gasteiger charge is 2.14. The number of pyridine rings is 1. The first kappa shape index (κ1) is 14.5. The highest BCUT2D eigenvalue weighted by molar-refractivity contribution is 7.98. The van der Waals surface area contributed by atoms with Crippen LogP contribution in [0.4, 0.5) is 4.39 Å². The fourth-order valence-electron chi connectivity index (χ4n) is 2.39. The summed E-state index contributed by atoms with van der Waals surface area (Å²) in [7, 11) is 0. The van der Waals surface area contributed by atoms with Gasteiger partial charge in [-0.3, -0.25) is 4.98 Å². The predicted octanol–water partition coefficient (Wildman–Crippen LogP) is 4.22. The average Bonchev–Trinajstić information content (AvgIpc) is 3.02. The van der Waals surface area contributed by atoms with E-state index in [-0.39, 0.29) is 5.82 Å². The first-order valence-corrected chi connectivity index (χ1v) is 9.02. The molecular weight excluding hydrogens is 305 g/mol. The van der Waals surface area contributed by atoms with E-state index in [1.54, 1.807) is 17.5 Å². The molecule has 21 heavy (non-hydrogen) atoms. The van der Waals surface area contributed by atoms with Gasteiger partial charge in [0.15, 0.2) is 0 Å². The van der Waals surface area contributed by atoms with Crippen LogP contribution in [0.5, 0.6) is 0 Å². The SMILES string of the molecule is CCn1c(CCSC)cc2nc(-c3cncc(F)c3)sc21. The van der Waals surface area contributed by atoms with Crippen molar-refractivity contribution in [1.29, 1.82) is 0 Å². The number of halogens is 1. The number of aromatic nitrogens is 3. The van der Waals surface area contributed by atoms with Crippen molar-refractivity contribution in [3.8, 4) is 10.6 Å². The zero-order valence-electron chi connectivity index (χ0n) is 12.0. The minimum absolute atomic E-state index is 0.327. The number of nitrogens with zero attached hydrogens (tertiary/aromatic N) is 3. The minimum Gasteiger partial charge on any atom is -0.335 e. The number of thiazole rings is 1. The summed E-state index contributed by atoms with van der Waals surface area (Å²) in [6, 6.07) is 3.64. The number of thioether (sulfide) groups is 1. The van der Waals surface area contributed by atoms with Crippen LogP contribution in [0, 0.1) is 5.82 Å². The molecular formula is C15H16FN3S2. The van der Waals surface area contributed by atoms with E-state index >= 15 is 0 Å². The van der Waals surface area contributed by atoms with Gasteiger partial charge < -0.3 is 4.57 Å². The Bertz CT molecular complexity index is 763. The molecule has 0 fully saturated rings. The second-order valence-electron chi connectivity index (χ2n) is 4.72. The van der Waals surface area contributed by atoms with Gasteiger partial charge in [0.25, 0.3) is 0 Å². The third-order valence-electron chi connectivity index (χ3n) is 3.36. The smallest absolute Gasteiger partial charge is 0.142 e. The van der Waals surface area contributed by atoms with Crippen molar-refractivity contribution in [2.45, 2.75) is 19.9 Å². The van der Waals surface area contributed by atoms with E-state index in [9.17, 15) is 4.39 Å². The Labute approximate surface area is 131 Å². The lowest BCUT2D eigenvalue weighted by Gasteiger charge is -2.05. The summed E-state index contributed by atoms with van der Waals surface area (Å²) in [5, 5.41) is 0.825. The molecule has 0 bridgehead atoms. The van der Waals surface area contributed by atoms with E-state index in [1.807, 2.05) is 11.8 Å². The van der Waals surface area contributed by atoms with Gasteiger partial charge >= 0.3 is 0 Å². The van der Waals surface area contributed by atoms with E-state index in [4.69, 9.17) is 0 Å².